The van der Waals surface area contributed by atoms with E-state index in [1.54, 1.807) is 6.21 Å². The predicted molar refractivity (Wildman–Crippen MR) is 121 cm³/mol. The third kappa shape index (κ3) is 4.85. The lowest BCUT2D eigenvalue weighted by atomic mass is 9.95. The van der Waals surface area contributed by atoms with Gasteiger partial charge < -0.3 is 5.32 Å². The number of nitrogens with zero attached hydrogens (tertiary/aromatic N) is 1. The van der Waals surface area contributed by atoms with Crippen LogP contribution in [0.15, 0.2) is 59.7 Å². The standard InChI is InChI=1S/C25H27N3O2/c29-24(27-20-10-2-1-3-11-20)14-15-25(30)28-26-17-23-21-12-6-4-8-18(21)16-19-9-5-7-13-22(19)23/h4-9,12-13,16-17,20H,1-3,10-11,14-15H2,(H,27,29)(H,28,30)/b26-17-. The van der Waals surface area contributed by atoms with E-state index in [-0.39, 0.29) is 30.7 Å². The van der Waals surface area contributed by atoms with Gasteiger partial charge in [0.15, 0.2) is 0 Å². The lowest BCUT2D eigenvalue weighted by Crippen LogP contribution is -2.36. The Morgan fingerprint density at radius 2 is 1.47 bits per heavy atom. The van der Waals surface area contributed by atoms with Crippen LogP contribution in [0, 0.1) is 0 Å². The average molecular weight is 402 g/mol. The first-order valence-corrected chi connectivity index (χ1v) is 10.7. The van der Waals surface area contributed by atoms with Crippen molar-refractivity contribution in [3.8, 4) is 0 Å². The fraction of sp³-hybridized carbons (Fsp3) is 0.320. The third-order valence-electron chi connectivity index (χ3n) is 5.75. The molecule has 0 aromatic heterocycles. The van der Waals surface area contributed by atoms with Crippen molar-refractivity contribution in [3.63, 3.8) is 0 Å². The molecular formula is C25H27N3O2. The van der Waals surface area contributed by atoms with Crippen LogP contribution in [0.25, 0.3) is 21.5 Å². The topological polar surface area (TPSA) is 70.6 Å². The Morgan fingerprint density at radius 3 is 2.13 bits per heavy atom. The molecular weight excluding hydrogens is 374 g/mol. The zero-order chi connectivity index (χ0) is 20.8. The minimum atomic E-state index is -0.255. The van der Waals surface area contributed by atoms with E-state index in [2.05, 4.69) is 46.2 Å². The number of fused-ring (bicyclic) bond motifs is 2. The molecule has 0 atom stereocenters. The molecule has 0 spiro atoms. The van der Waals surface area contributed by atoms with E-state index in [4.69, 9.17) is 0 Å². The summed E-state index contributed by atoms with van der Waals surface area (Å²) in [5.41, 5.74) is 3.54. The fourth-order valence-electron chi connectivity index (χ4n) is 4.19. The number of rotatable bonds is 6. The quantitative estimate of drug-likeness (QED) is 0.358. The second kappa shape index (κ2) is 9.53. The summed E-state index contributed by atoms with van der Waals surface area (Å²) in [5, 5.41) is 11.6. The van der Waals surface area contributed by atoms with Crippen LogP contribution in [0.5, 0.6) is 0 Å². The highest BCUT2D eigenvalue weighted by Crippen LogP contribution is 2.27. The van der Waals surface area contributed by atoms with E-state index < -0.39 is 0 Å². The monoisotopic (exact) mass is 401 g/mol. The summed E-state index contributed by atoms with van der Waals surface area (Å²) in [7, 11) is 0. The van der Waals surface area contributed by atoms with Crippen LogP contribution in [0.2, 0.25) is 0 Å². The van der Waals surface area contributed by atoms with Crippen LogP contribution >= 0.6 is 0 Å². The molecule has 0 heterocycles. The number of nitrogens with one attached hydrogen (secondary N) is 2. The second-order valence-corrected chi connectivity index (χ2v) is 7.93. The number of hydrogen-bond donors (Lipinski definition) is 2. The van der Waals surface area contributed by atoms with Gasteiger partial charge in [-0.1, -0.05) is 67.8 Å². The van der Waals surface area contributed by atoms with Crippen LogP contribution in [0.3, 0.4) is 0 Å². The van der Waals surface area contributed by atoms with Gasteiger partial charge in [-0.25, -0.2) is 5.43 Å². The van der Waals surface area contributed by atoms with Crippen LogP contribution in [-0.4, -0.2) is 24.1 Å². The Kier molecular flexibility index (Phi) is 6.38. The Hall–Kier alpha value is -3.21. The summed E-state index contributed by atoms with van der Waals surface area (Å²) < 4.78 is 0. The molecule has 2 amide bonds. The molecule has 154 valence electrons. The van der Waals surface area contributed by atoms with Gasteiger partial charge in [0, 0.05) is 24.4 Å². The highest BCUT2D eigenvalue weighted by molar-refractivity contribution is 6.13. The third-order valence-corrected chi connectivity index (χ3v) is 5.75. The molecule has 1 fully saturated rings. The number of hydrogen-bond acceptors (Lipinski definition) is 3. The van der Waals surface area contributed by atoms with Crippen molar-refractivity contribution in [2.24, 2.45) is 5.10 Å². The number of carbonyl (C=O) groups is 2. The van der Waals surface area contributed by atoms with Gasteiger partial charge in [0.05, 0.1) is 6.21 Å². The molecule has 0 bridgehead atoms. The number of carbonyl (C=O) groups excluding carboxylic acids is 2. The molecule has 2 N–H and O–H groups in total. The first kappa shape index (κ1) is 20.1. The van der Waals surface area contributed by atoms with Crippen molar-refractivity contribution in [2.75, 3.05) is 0 Å². The second-order valence-electron chi connectivity index (χ2n) is 7.93. The van der Waals surface area contributed by atoms with Gasteiger partial charge in [-0.3, -0.25) is 9.59 Å². The lowest BCUT2D eigenvalue weighted by Gasteiger charge is -2.22. The van der Waals surface area contributed by atoms with Crippen molar-refractivity contribution in [1.82, 2.24) is 10.7 Å². The van der Waals surface area contributed by atoms with Gasteiger partial charge in [0.1, 0.15) is 0 Å². The van der Waals surface area contributed by atoms with E-state index in [0.717, 1.165) is 39.9 Å². The van der Waals surface area contributed by atoms with Crippen molar-refractivity contribution in [3.05, 3.63) is 60.2 Å². The minimum Gasteiger partial charge on any atom is -0.353 e. The number of hydrazone groups is 1. The van der Waals surface area contributed by atoms with Crippen molar-refractivity contribution in [1.29, 1.82) is 0 Å². The first-order chi connectivity index (χ1) is 14.7. The molecule has 5 nitrogen and oxygen atoms in total. The van der Waals surface area contributed by atoms with Crippen molar-refractivity contribution in [2.45, 2.75) is 51.0 Å². The molecule has 0 saturated heterocycles. The summed E-state index contributed by atoms with van der Waals surface area (Å²) >= 11 is 0. The maximum atomic E-state index is 12.2. The lowest BCUT2D eigenvalue weighted by molar-refractivity contribution is -0.126. The highest BCUT2D eigenvalue weighted by atomic mass is 16.2. The van der Waals surface area contributed by atoms with Gasteiger partial charge in [0.2, 0.25) is 11.8 Å². The zero-order valence-corrected chi connectivity index (χ0v) is 17.1. The molecule has 1 aliphatic carbocycles. The smallest absolute Gasteiger partial charge is 0.240 e. The predicted octanol–water partition coefficient (Wildman–Crippen LogP) is 4.67. The zero-order valence-electron chi connectivity index (χ0n) is 17.1. The Bertz CT molecular complexity index is 1030. The van der Waals surface area contributed by atoms with Crippen LogP contribution < -0.4 is 10.7 Å². The Labute approximate surface area is 176 Å². The van der Waals surface area contributed by atoms with Gasteiger partial charge in [-0.2, -0.15) is 5.10 Å². The first-order valence-electron chi connectivity index (χ1n) is 10.7. The molecule has 1 saturated carbocycles. The summed E-state index contributed by atoms with van der Waals surface area (Å²) in [6.07, 6.45) is 7.69. The highest BCUT2D eigenvalue weighted by Gasteiger charge is 2.16. The molecule has 4 rings (SSSR count). The van der Waals surface area contributed by atoms with Crippen LogP contribution in [0.4, 0.5) is 0 Å². The van der Waals surface area contributed by atoms with E-state index in [0.29, 0.717) is 0 Å². The SMILES string of the molecule is O=C(CCC(=O)NC1CCCCC1)N/N=C\c1c2ccccc2cc2ccccc12. The fourth-order valence-corrected chi connectivity index (χ4v) is 4.19. The summed E-state index contributed by atoms with van der Waals surface area (Å²) in [6.45, 7) is 0. The van der Waals surface area contributed by atoms with E-state index >= 15 is 0 Å². The molecule has 0 aliphatic heterocycles. The normalized spacial score (nSPS) is 14.9. The molecule has 3 aromatic carbocycles. The minimum absolute atomic E-state index is 0.0546. The maximum absolute atomic E-state index is 12.2. The molecule has 0 radical (unpaired) electrons. The Morgan fingerprint density at radius 1 is 0.867 bits per heavy atom. The van der Waals surface area contributed by atoms with Crippen molar-refractivity contribution < 1.29 is 9.59 Å². The van der Waals surface area contributed by atoms with Gasteiger partial charge >= 0.3 is 0 Å². The Balaban J connectivity index is 1.38. The number of amides is 2. The van der Waals surface area contributed by atoms with E-state index in [9.17, 15) is 9.59 Å². The van der Waals surface area contributed by atoms with E-state index in [1.807, 2.05) is 24.3 Å². The summed E-state index contributed by atoms with van der Waals surface area (Å²) in [5.74, 6) is -0.310. The average Bonchev–Trinajstić information content (AvgIpc) is 2.78. The van der Waals surface area contributed by atoms with Gasteiger partial charge in [0.25, 0.3) is 0 Å². The molecule has 3 aromatic rings. The number of benzene rings is 3. The van der Waals surface area contributed by atoms with Crippen LogP contribution in [0.1, 0.15) is 50.5 Å². The largest absolute Gasteiger partial charge is 0.353 e. The molecule has 0 unspecified atom stereocenters. The van der Waals surface area contributed by atoms with Crippen LogP contribution in [-0.2, 0) is 9.59 Å². The summed E-state index contributed by atoms with van der Waals surface area (Å²) in [4.78, 5) is 24.2. The molecule has 1 aliphatic rings. The maximum Gasteiger partial charge on any atom is 0.240 e. The molecule has 5 heteroatoms. The van der Waals surface area contributed by atoms with Gasteiger partial charge in [-0.15, -0.1) is 0 Å². The molecule has 30 heavy (non-hydrogen) atoms. The van der Waals surface area contributed by atoms with Gasteiger partial charge in [-0.05, 0) is 40.5 Å². The van der Waals surface area contributed by atoms with E-state index in [1.165, 1.54) is 19.3 Å². The summed E-state index contributed by atoms with van der Waals surface area (Å²) in [6, 6.07) is 18.7. The van der Waals surface area contributed by atoms with Crippen molar-refractivity contribution >= 4 is 39.6 Å².